The SMILES string of the molecule is CCC(C)(C)C(=O)OOC(C)(C1CCCCC1)C1CCCCC1. The first-order valence-electron chi connectivity index (χ1n) is 9.80. The maximum absolute atomic E-state index is 12.4. The van der Waals surface area contributed by atoms with Crippen molar-refractivity contribution in [3.8, 4) is 0 Å². The zero-order chi connectivity index (χ0) is 16.9. The smallest absolute Gasteiger partial charge is 0.297 e. The van der Waals surface area contributed by atoms with Gasteiger partial charge in [-0.15, -0.1) is 0 Å². The average Bonchev–Trinajstić information content (AvgIpc) is 2.60. The molecule has 3 heteroatoms. The summed E-state index contributed by atoms with van der Waals surface area (Å²) in [5.41, 5.74) is -0.777. The molecular weight excluding hydrogens is 288 g/mol. The maximum Gasteiger partial charge on any atom is 0.347 e. The van der Waals surface area contributed by atoms with Crippen LogP contribution in [0.3, 0.4) is 0 Å². The van der Waals surface area contributed by atoms with Crippen LogP contribution in [0.15, 0.2) is 0 Å². The van der Waals surface area contributed by atoms with Crippen LogP contribution in [0.4, 0.5) is 0 Å². The normalized spacial score (nSPS) is 22.1. The van der Waals surface area contributed by atoms with Crippen LogP contribution in [-0.4, -0.2) is 11.6 Å². The highest BCUT2D eigenvalue weighted by Gasteiger charge is 2.45. The van der Waals surface area contributed by atoms with Crippen LogP contribution in [0.25, 0.3) is 0 Å². The molecule has 0 bridgehead atoms. The van der Waals surface area contributed by atoms with Crippen molar-refractivity contribution >= 4 is 5.97 Å². The third-order valence-corrected chi connectivity index (χ3v) is 6.56. The zero-order valence-corrected chi connectivity index (χ0v) is 15.7. The van der Waals surface area contributed by atoms with E-state index < -0.39 is 5.41 Å². The highest BCUT2D eigenvalue weighted by atomic mass is 17.2. The molecule has 0 amide bonds. The average molecular weight is 325 g/mol. The van der Waals surface area contributed by atoms with E-state index in [1.165, 1.54) is 64.2 Å². The second-order valence-electron chi connectivity index (χ2n) is 8.55. The molecule has 23 heavy (non-hydrogen) atoms. The number of hydrogen-bond acceptors (Lipinski definition) is 3. The van der Waals surface area contributed by atoms with E-state index in [2.05, 4.69) is 6.92 Å². The molecule has 0 saturated heterocycles. The fraction of sp³-hybridized carbons (Fsp3) is 0.950. The van der Waals surface area contributed by atoms with Crippen molar-refractivity contribution in [2.45, 2.75) is 104 Å². The molecule has 0 N–H and O–H groups in total. The van der Waals surface area contributed by atoms with Crippen LogP contribution in [0.2, 0.25) is 0 Å². The van der Waals surface area contributed by atoms with Gasteiger partial charge in [-0.2, -0.15) is 4.89 Å². The van der Waals surface area contributed by atoms with Gasteiger partial charge in [0.15, 0.2) is 0 Å². The van der Waals surface area contributed by atoms with E-state index in [0.717, 1.165) is 6.42 Å². The molecule has 0 atom stereocenters. The molecule has 0 radical (unpaired) electrons. The van der Waals surface area contributed by atoms with Gasteiger partial charge >= 0.3 is 5.97 Å². The molecule has 134 valence electrons. The summed E-state index contributed by atoms with van der Waals surface area (Å²) in [6, 6.07) is 0. The lowest BCUT2D eigenvalue weighted by Crippen LogP contribution is -2.47. The summed E-state index contributed by atoms with van der Waals surface area (Å²) in [4.78, 5) is 23.8. The van der Waals surface area contributed by atoms with Crippen molar-refractivity contribution in [3.63, 3.8) is 0 Å². The van der Waals surface area contributed by atoms with E-state index >= 15 is 0 Å². The number of hydrogen-bond donors (Lipinski definition) is 0. The Bertz CT molecular complexity index is 358. The Balaban J connectivity index is 2.07. The first kappa shape index (κ1) is 18.8. The van der Waals surface area contributed by atoms with Crippen molar-refractivity contribution in [3.05, 3.63) is 0 Å². The highest BCUT2D eigenvalue weighted by Crippen LogP contribution is 2.45. The molecule has 3 nitrogen and oxygen atoms in total. The number of rotatable bonds is 6. The fourth-order valence-electron chi connectivity index (χ4n) is 4.21. The molecule has 0 aliphatic heterocycles. The Morgan fingerprint density at radius 1 is 0.870 bits per heavy atom. The van der Waals surface area contributed by atoms with Crippen LogP contribution in [0.1, 0.15) is 98.3 Å². The van der Waals surface area contributed by atoms with Gasteiger partial charge in [0, 0.05) is 0 Å². The van der Waals surface area contributed by atoms with Gasteiger partial charge in [0.25, 0.3) is 0 Å². The molecule has 2 fully saturated rings. The molecular formula is C20H36O3. The number of carbonyl (C=O) groups is 1. The standard InChI is InChI=1S/C20H36O3/c1-5-19(2,3)18(21)22-23-20(4,16-12-8-6-9-13-16)17-14-10-7-11-15-17/h16-17H,5-15H2,1-4H3. The summed E-state index contributed by atoms with van der Waals surface area (Å²) in [6.45, 7) is 8.09. The first-order chi connectivity index (χ1) is 10.9. The highest BCUT2D eigenvalue weighted by molar-refractivity contribution is 5.75. The molecule has 0 unspecified atom stereocenters. The quantitative estimate of drug-likeness (QED) is 0.456. The second-order valence-corrected chi connectivity index (χ2v) is 8.55. The Hall–Kier alpha value is -0.570. The van der Waals surface area contributed by atoms with Crippen molar-refractivity contribution in [1.82, 2.24) is 0 Å². The Labute approximate surface area is 142 Å². The summed E-state index contributed by atoms with van der Waals surface area (Å²) >= 11 is 0. The van der Waals surface area contributed by atoms with Crippen molar-refractivity contribution in [1.29, 1.82) is 0 Å². The zero-order valence-electron chi connectivity index (χ0n) is 15.7. The Morgan fingerprint density at radius 2 is 1.30 bits per heavy atom. The molecule has 0 spiro atoms. The summed E-state index contributed by atoms with van der Waals surface area (Å²) in [6.07, 6.45) is 13.4. The summed E-state index contributed by atoms with van der Waals surface area (Å²) < 4.78 is 0. The van der Waals surface area contributed by atoms with Crippen molar-refractivity contribution in [2.24, 2.45) is 17.3 Å². The molecule has 2 aliphatic carbocycles. The molecule has 2 rings (SSSR count). The van der Waals surface area contributed by atoms with E-state index in [0.29, 0.717) is 11.8 Å². The van der Waals surface area contributed by atoms with Gasteiger partial charge in [-0.3, -0.25) is 4.89 Å². The third-order valence-electron chi connectivity index (χ3n) is 6.56. The van der Waals surface area contributed by atoms with Crippen LogP contribution >= 0.6 is 0 Å². The maximum atomic E-state index is 12.4. The lowest BCUT2D eigenvalue weighted by Gasteiger charge is -2.45. The molecule has 0 heterocycles. The minimum atomic E-state index is -0.472. The predicted octanol–water partition coefficient (Wildman–Crippen LogP) is 5.82. The summed E-state index contributed by atoms with van der Waals surface area (Å²) in [5.74, 6) is 0.826. The molecule has 2 saturated carbocycles. The topological polar surface area (TPSA) is 35.5 Å². The molecule has 0 aromatic rings. The molecule has 0 aromatic heterocycles. The van der Waals surface area contributed by atoms with E-state index in [1.54, 1.807) is 0 Å². The van der Waals surface area contributed by atoms with Gasteiger partial charge in [0.05, 0.1) is 5.41 Å². The van der Waals surface area contributed by atoms with Gasteiger partial charge < -0.3 is 0 Å². The largest absolute Gasteiger partial charge is 0.347 e. The van der Waals surface area contributed by atoms with Gasteiger partial charge in [0.1, 0.15) is 5.60 Å². The lowest BCUT2D eigenvalue weighted by molar-refractivity contribution is -0.361. The van der Waals surface area contributed by atoms with E-state index in [1.807, 2.05) is 20.8 Å². The van der Waals surface area contributed by atoms with E-state index in [-0.39, 0.29) is 11.6 Å². The molecule has 2 aliphatic rings. The fourth-order valence-corrected chi connectivity index (χ4v) is 4.21. The van der Waals surface area contributed by atoms with Crippen molar-refractivity contribution < 1.29 is 14.6 Å². The summed E-state index contributed by atoms with van der Waals surface area (Å²) in [7, 11) is 0. The minimum Gasteiger partial charge on any atom is -0.297 e. The van der Waals surface area contributed by atoms with Crippen LogP contribution in [-0.2, 0) is 14.6 Å². The van der Waals surface area contributed by atoms with Gasteiger partial charge in [-0.25, -0.2) is 4.79 Å². The second kappa shape index (κ2) is 8.00. The van der Waals surface area contributed by atoms with Crippen LogP contribution in [0, 0.1) is 17.3 Å². The monoisotopic (exact) mass is 324 g/mol. The lowest BCUT2D eigenvalue weighted by atomic mass is 9.67. The van der Waals surface area contributed by atoms with Crippen LogP contribution < -0.4 is 0 Å². The van der Waals surface area contributed by atoms with Crippen molar-refractivity contribution in [2.75, 3.05) is 0 Å². The Morgan fingerprint density at radius 3 is 1.70 bits per heavy atom. The Kier molecular flexibility index (Phi) is 6.53. The summed E-state index contributed by atoms with van der Waals surface area (Å²) in [5, 5.41) is 0. The minimum absolute atomic E-state index is 0.224. The van der Waals surface area contributed by atoms with E-state index in [4.69, 9.17) is 9.78 Å². The van der Waals surface area contributed by atoms with Gasteiger partial charge in [-0.1, -0.05) is 45.4 Å². The predicted molar refractivity (Wildman–Crippen MR) is 92.8 cm³/mol. The van der Waals surface area contributed by atoms with E-state index in [9.17, 15) is 4.79 Å². The first-order valence-corrected chi connectivity index (χ1v) is 9.80. The van der Waals surface area contributed by atoms with Gasteiger partial charge in [0.2, 0.25) is 0 Å². The number of carbonyl (C=O) groups excluding carboxylic acids is 1. The van der Waals surface area contributed by atoms with Gasteiger partial charge in [-0.05, 0) is 64.7 Å². The molecule has 0 aromatic carbocycles. The van der Waals surface area contributed by atoms with Crippen LogP contribution in [0.5, 0.6) is 0 Å². The third kappa shape index (κ3) is 4.49.